The average molecular weight is 823 g/mol. The maximum absolute atomic E-state index is 12.8. The van der Waals surface area contributed by atoms with E-state index in [0.29, 0.717) is 18.3 Å². The molecular formula is C43H66O15. The monoisotopic (exact) mass is 822 g/mol. The van der Waals surface area contributed by atoms with Crippen LogP contribution in [0, 0.1) is 34.5 Å². The molecule has 4 saturated carbocycles. The molecule has 7 fully saturated rings. The summed E-state index contributed by atoms with van der Waals surface area (Å²) in [5, 5.41) is 55.4. The van der Waals surface area contributed by atoms with E-state index in [1.807, 2.05) is 6.92 Å². The first kappa shape index (κ1) is 42.9. The highest BCUT2D eigenvalue weighted by molar-refractivity contribution is 5.85. The third-order valence-corrected chi connectivity index (χ3v) is 16.1. The van der Waals surface area contributed by atoms with Crippen molar-refractivity contribution in [1.82, 2.24) is 0 Å². The van der Waals surface area contributed by atoms with Gasteiger partial charge in [-0.2, -0.15) is 0 Å². The van der Waals surface area contributed by atoms with Gasteiger partial charge in [0, 0.05) is 50.0 Å². The van der Waals surface area contributed by atoms with Crippen molar-refractivity contribution in [2.75, 3.05) is 6.61 Å². The minimum absolute atomic E-state index is 0.00291. The van der Waals surface area contributed by atoms with Crippen LogP contribution in [0.15, 0.2) is 11.6 Å². The molecular weight excluding hydrogens is 756 g/mol. The van der Waals surface area contributed by atoms with Crippen LogP contribution in [0.5, 0.6) is 0 Å². The summed E-state index contributed by atoms with van der Waals surface area (Å²) in [6.07, 6.45) is -1.36. The molecule has 0 amide bonds. The summed E-state index contributed by atoms with van der Waals surface area (Å²) < 4.78 is 48.1. The molecule has 4 aliphatic carbocycles. The molecule has 8 rings (SSSR count). The van der Waals surface area contributed by atoms with Crippen molar-refractivity contribution in [3.8, 4) is 0 Å². The number of ether oxygens (including phenoxy) is 8. The van der Waals surface area contributed by atoms with Gasteiger partial charge in [0.2, 0.25) is 0 Å². The Balaban J connectivity index is 0.848. The number of aliphatic hydroxyl groups is 5. The molecule has 15 nitrogen and oxygen atoms in total. The van der Waals surface area contributed by atoms with E-state index >= 15 is 0 Å². The molecule has 0 aromatic rings. The predicted molar refractivity (Wildman–Crippen MR) is 202 cm³/mol. The lowest BCUT2D eigenvalue weighted by molar-refractivity contribution is -0.336. The molecule has 15 heteroatoms. The van der Waals surface area contributed by atoms with Crippen molar-refractivity contribution in [3.63, 3.8) is 0 Å². The second kappa shape index (κ2) is 16.2. The fraction of sp³-hybridized carbons (Fsp3) is 0.907. The summed E-state index contributed by atoms with van der Waals surface area (Å²) in [7, 11) is 0. The molecule has 58 heavy (non-hydrogen) atoms. The second-order valence-corrected chi connectivity index (χ2v) is 19.5. The highest BCUT2D eigenvalue weighted by Gasteiger charge is 2.71. The summed E-state index contributed by atoms with van der Waals surface area (Å²) in [6, 6.07) is 0. The number of fused-ring (bicyclic) bond motifs is 5. The first-order valence-corrected chi connectivity index (χ1v) is 21.8. The van der Waals surface area contributed by atoms with Gasteiger partial charge in [-0.25, -0.2) is 4.79 Å². The van der Waals surface area contributed by atoms with Crippen LogP contribution in [-0.2, 0) is 47.5 Å². The Labute approximate surface area is 341 Å². The zero-order valence-electron chi connectivity index (χ0n) is 34.8. The molecule has 5 N–H and O–H groups in total. The lowest BCUT2D eigenvalue weighted by Crippen LogP contribution is -2.62. The zero-order valence-corrected chi connectivity index (χ0v) is 34.8. The van der Waals surface area contributed by atoms with E-state index < -0.39 is 90.9 Å². The lowest BCUT2D eigenvalue weighted by atomic mass is 9.43. The number of hydrogen-bond donors (Lipinski definition) is 5. The van der Waals surface area contributed by atoms with Gasteiger partial charge in [-0.1, -0.05) is 13.8 Å². The van der Waals surface area contributed by atoms with Crippen molar-refractivity contribution < 1.29 is 73.0 Å². The number of carbonyl (C=O) groups excluding carboxylic acids is 2. The minimum atomic E-state index is -1.05. The van der Waals surface area contributed by atoms with Crippen LogP contribution in [0.2, 0.25) is 0 Å². The van der Waals surface area contributed by atoms with Crippen LogP contribution in [0.3, 0.4) is 0 Å². The molecule has 8 aliphatic rings. The van der Waals surface area contributed by atoms with Crippen LogP contribution >= 0.6 is 0 Å². The van der Waals surface area contributed by atoms with Gasteiger partial charge in [-0.05, 0) is 94.5 Å². The Kier molecular flexibility index (Phi) is 12.0. The second-order valence-electron chi connectivity index (χ2n) is 19.5. The van der Waals surface area contributed by atoms with Crippen LogP contribution < -0.4 is 0 Å². The molecule has 3 saturated heterocycles. The standard InChI is InChI=1S/C43H66O15/c1-20-38(49)29(45)15-35(52-20)57-40-22(3)54-36(17-31(40)47)58-39-21(2)53-34(16-30(39)46)56-26-9-11-41(5)25(14-26)7-8-28-27(41)10-12-42(6)37(24-13-33(48)51-19-24)32(55-23(4)44)18-43(28,42)50/h13,20-22,25-32,34-40,45-47,49-50H,7-12,14-19H2,1-6H3/t20-,21-,22-,25-,26+,27+,28-,29+,30+,31+,32+,34-,35+,36+,37+,38-,39-,40-,41+,42-,43+/m1/s1. The average Bonchev–Trinajstić information content (AvgIpc) is 3.66. The molecule has 0 aromatic heterocycles. The maximum atomic E-state index is 12.8. The summed E-state index contributed by atoms with van der Waals surface area (Å²) in [5.41, 5.74) is -0.805. The molecule has 4 aliphatic heterocycles. The van der Waals surface area contributed by atoms with Gasteiger partial charge in [0.1, 0.15) is 31.0 Å². The van der Waals surface area contributed by atoms with E-state index in [1.165, 1.54) is 13.0 Å². The van der Waals surface area contributed by atoms with Gasteiger partial charge < -0.3 is 63.4 Å². The zero-order chi connectivity index (χ0) is 41.5. The van der Waals surface area contributed by atoms with Gasteiger partial charge in [-0.3, -0.25) is 4.79 Å². The molecule has 0 radical (unpaired) electrons. The smallest absolute Gasteiger partial charge is 0.331 e. The SMILES string of the molecule is CC(=O)O[C@H]1C[C@]2(O)[C@@H]3CC[C@@H]4C[C@@H](O[C@@H]5C[C@H](O)[C@H](O[C@H]6C[C@H](O)[C@H](O[C@H]7C[C@H](O)[C@H](O)[C@@H](C)O7)[C@@H](C)O6)[C@@H](C)O5)CC[C@]4(C)[C@H]3CC[C@]2(C)[C@H]1C1=CC(=O)OC1. The highest BCUT2D eigenvalue weighted by atomic mass is 16.7. The maximum Gasteiger partial charge on any atom is 0.331 e. The van der Waals surface area contributed by atoms with Crippen molar-refractivity contribution in [2.24, 2.45) is 34.5 Å². The van der Waals surface area contributed by atoms with E-state index in [9.17, 15) is 35.1 Å². The normalized spacial score (nSPS) is 53.2. The molecule has 4 heterocycles. The molecule has 0 bridgehead atoms. The van der Waals surface area contributed by atoms with Gasteiger partial charge in [0.05, 0.1) is 48.3 Å². The van der Waals surface area contributed by atoms with Gasteiger partial charge in [0.25, 0.3) is 0 Å². The highest BCUT2D eigenvalue weighted by Crippen LogP contribution is 2.70. The molecule has 0 spiro atoms. The number of aliphatic hydroxyl groups excluding tert-OH is 4. The predicted octanol–water partition coefficient (Wildman–Crippen LogP) is 2.79. The van der Waals surface area contributed by atoms with Gasteiger partial charge >= 0.3 is 11.9 Å². The van der Waals surface area contributed by atoms with Crippen LogP contribution in [0.25, 0.3) is 0 Å². The molecule has 328 valence electrons. The largest absolute Gasteiger partial charge is 0.462 e. The number of hydrogen-bond acceptors (Lipinski definition) is 15. The Hall–Kier alpha value is -1.76. The first-order chi connectivity index (χ1) is 27.4. The van der Waals surface area contributed by atoms with Gasteiger partial charge in [0.15, 0.2) is 18.9 Å². The fourth-order valence-corrected chi connectivity index (χ4v) is 13.2. The Morgan fingerprint density at radius 1 is 0.759 bits per heavy atom. The Morgan fingerprint density at radius 2 is 1.36 bits per heavy atom. The third kappa shape index (κ3) is 7.60. The van der Waals surface area contributed by atoms with E-state index in [-0.39, 0.29) is 61.2 Å². The van der Waals surface area contributed by atoms with Crippen molar-refractivity contribution >= 4 is 11.9 Å². The van der Waals surface area contributed by atoms with Crippen LogP contribution in [0.4, 0.5) is 0 Å². The third-order valence-electron chi connectivity index (χ3n) is 16.1. The quantitative estimate of drug-likeness (QED) is 0.176. The fourth-order valence-electron chi connectivity index (χ4n) is 13.2. The van der Waals surface area contributed by atoms with Crippen molar-refractivity contribution in [2.45, 2.75) is 204 Å². The van der Waals surface area contributed by atoms with E-state index in [4.69, 9.17) is 37.9 Å². The Morgan fingerprint density at radius 3 is 1.93 bits per heavy atom. The van der Waals surface area contributed by atoms with Gasteiger partial charge in [-0.15, -0.1) is 0 Å². The lowest BCUT2D eigenvalue weighted by Gasteiger charge is -2.63. The van der Waals surface area contributed by atoms with Crippen LogP contribution in [0.1, 0.15) is 112 Å². The van der Waals surface area contributed by atoms with E-state index in [0.717, 1.165) is 50.5 Å². The molecule has 0 unspecified atom stereocenters. The summed E-state index contributed by atoms with van der Waals surface area (Å²) in [4.78, 5) is 24.4. The summed E-state index contributed by atoms with van der Waals surface area (Å²) >= 11 is 0. The molecule has 21 atom stereocenters. The van der Waals surface area contributed by atoms with Crippen molar-refractivity contribution in [3.05, 3.63) is 11.6 Å². The Bertz CT molecular complexity index is 1520. The molecule has 0 aromatic carbocycles. The number of carbonyl (C=O) groups is 2. The van der Waals surface area contributed by atoms with Crippen molar-refractivity contribution in [1.29, 1.82) is 0 Å². The van der Waals surface area contributed by atoms with E-state index in [1.54, 1.807) is 13.8 Å². The topological polar surface area (TPSA) is 209 Å². The first-order valence-electron chi connectivity index (χ1n) is 21.8. The number of cyclic esters (lactones) is 1. The van der Waals surface area contributed by atoms with E-state index in [2.05, 4.69) is 13.8 Å². The van der Waals surface area contributed by atoms with Crippen LogP contribution in [-0.4, -0.2) is 136 Å². The number of esters is 2. The number of rotatable bonds is 8. The summed E-state index contributed by atoms with van der Waals surface area (Å²) in [5.74, 6) is -0.330. The summed E-state index contributed by atoms with van der Waals surface area (Å²) in [6.45, 7) is 11.3. The minimum Gasteiger partial charge on any atom is -0.462 e.